The van der Waals surface area contributed by atoms with Gasteiger partial charge in [-0.3, -0.25) is 9.59 Å². The third-order valence-corrected chi connectivity index (χ3v) is 6.09. The van der Waals surface area contributed by atoms with Crippen LogP contribution in [0, 0.1) is 5.82 Å². The second kappa shape index (κ2) is 12.3. The van der Waals surface area contributed by atoms with E-state index in [1.807, 2.05) is 44.2 Å². The molecule has 0 heterocycles. The van der Waals surface area contributed by atoms with Crippen LogP contribution in [-0.2, 0) is 29.0 Å². The molecule has 3 aromatic rings. The van der Waals surface area contributed by atoms with Gasteiger partial charge in [0.05, 0.1) is 6.42 Å². The normalized spacial score (nSPS) is 12.6. The zero-order chi connectivity index (χ0) is 24.5. The summed E-state index contributed by atoms with van der Waals surface area (Å²) in [6, 6.07) is 22.1. The number of benzene rings is 3. The van der Waals surface area contributed by atoms with Crippen molar-refractivity contribution < 1.29 is 14.0 Å². The molecule has 0 spiro atoms. The molecule has 0 aliphatic heterocycles. The van der Waals surface area contributed by atoms with E-state index in [4.69, 9.17) is 11.6 Å². The molecule has 34 heavy (non-hydrogen) atoms. The lowest BCUT2D eigenvalue weighted by atomic mass is 10.0. The molecule has 2 atom stereocenters. The Hall–Kier alpha value is -3.18. The second-order valence-corrected chi connectivity index (χ2v) is 8.88. The average molecular weight is 481 g/mol. The number of nitrogens with one attached hydrogen (secondary N) is 1. The van der Waals surface area contributed by atoms with Crippen molar-refractivity contribution in [2.45, 2.75) is 51.7 Å². The Morgan fingerprint density at radius 1 is 0.941 bits per heavy atom. The maximum Gasteiger partial charge on any atom is 0.243 e. The van der Waals surface area contributed by atoms with E-state index in [9.17, 15) is 14.0 Å². The molecule has 1 N–H and O–H groups in total. The van der Waals surface area contributed by atoms with E-state index in [2.05, 4.69) is 5.32 Å². The Labute approximate surface area is 205 Å². The fraction of sp³-hybridized carbons (Fsp3) is 0.286. The first-order valence-corrected chi connectivity index (χ1v) is 11.9. The van der Waals surface area contributed by atoms with Gasteiger partial charge < -0.3 is 10.2 Å². The van der Waals surface area contributed by atoms with Gasteiger partial charge in [-0.2, -0.15) is 0 Å². The average Bonchev–Trinajstić information content (AvgIpc) is 2.84. The largest absolute Gasteiger partial charge is 0.352 e. The fourth-order valence-corrected chi connectivity index (χ4v) is 3.81. The van der Waals surface area contributed by atoms with Crippen LogP contribution in [0.2, 0.25) is 5.02 Å². The van der Waals surface area contributed by atoms with Crippen LogP contribution in [0.1, 0.15) is 37.0 Å². The quantitative estimate of drug-likeness (QED) is 0.412. The van der Waals surface area contributed by atoms with E-state index in [1.165, 1.54) is 11.0 Å². The van der Waals surface area contributed by atoms with E-state index in [0.29, 0.717) is 17.0 Å². The number of carbonyl (C=O) groups excluding carboxylic acids is 2. The third kappa shape index (κ3) is 7.16. The molecule has 178 valence electrons. The minimum Gasteiger partial charge on any atom is -0.352 e. The summed E-state index contributed by atoms with van der Waals surface area (Å²) in [6.07, 6.45) is 1.16. The molecule has 2 amide bonds. The SMILES string of the molecule is CCC(C)NC(=O)C(Cc1ccccc1)N(Cc1ccccc1F)C(=O)Cc1ccc(Cl)cc1. The highest BCUT2D eigenvalue weighted by Crippen LogP contribution is 2.19. The molecule has 0 radical (unpaired) electrons. The lowest BCUT2D eigenvalue weighted by molar-refractivity contribution is -0.141. The topological polar surface area (TPSA) is 49.4 Å². The molecule has 0 saturated carbocycles. The van der Waals surface area contributed by atoms with Gasteiger partial charge in [-0.15, -0.1) is 0 Å². The number of rotatable bonds is 10. The first kappa shape index (κ1) is 25.4. The van der Waals surface area contributed by atoms with E-state index in [-0.39, 0.29) is 30.8 Å². The van der Waals surface area contributed by atoms with Gasteiger partial charge in [-0.1, -0.05) is 79.2 Å². The third-order valence-electron chi connectivity index (χ3n) is 5.84. The molecule has 0 aliphatic carbocycles. The Bertz CT molecular complexity index is 1090. The van der Waals surface area contributed by atoms with Gasteiger partial charge in [0.25, 0.3) is 0 Å². The van der Waals surface area contributed by atoms with Gasteiger partial charge in [0.15, 0.2) is 0 Å². The number of nitrogens with zero attached hydrogens (tertiary/aromatic N) is 1. The van der Waals surface area contributed by atoms with Crippen molar-refractivity contribution >= 4 is 23.4 Å². The van der Waals surface area contributed by atoms with Crippen molar-refractivity contribution in [2.75, 3.05) is 0 Å². The highest BCUT2D eigenvalue weighted by Gasteiger charge is 2.31. The fourth-order valence-electron chi connectivity index (χ4n) is 3.68. The monoisotopic (exact) mass is 480 g/mol. The van der Waals surface area contributed by atoms with Crippen molar-refractivity contribution in [2.24, 2.45) is 0 Å². The summed E-state index contributed by atoms with van der Waals surface area (Å²) in [5.41, 5.74) is 2.06. The summed E-state index contributed by atoms with van der Waals surface area (Å²) < 4.78 is 14.6. The van der Waals surface area contributed by atoms with Gasteiger partial charge in [0, 0.05) is 29.6 Å². The molecule has 0 bridgehead atoms. The summed E-state index contributed by atoms with van der Waals surface area (Å²) >= 11 is 5.99. The van der Waals surface area contributed by atoms with Crippen molar-refractivity contribution in [3.8, 4) is 0 Å². The second-order valence-electron chi connectivity index (χ2n) is 8.44. The predicted octanol–water partition coefficient (Wildman–Crippen LogP) is 5.58. The molecule has 0 aromatic heterocycles. The van der Waals surface area contributed by atoms with Crippen LogP contribution in [0.25, 0.3) is 0 Å². The van der Waals surface area contributed by atoms with Gasteiger partial charge in [0.2, 0.25) is 11.8 Å². The lowest BCUT2D eigenvalue weighted by Gasteiger charge is -2.32. The molecule has 0 saturated heterocycles. The zero-order valence-corrected chi connectivity index (χ0v) is 20.3. The molecule has 4 nitrogen and oxygen atoms in total. The summed E-state index contributed by atoms with van der Waals surface area (Å²) in [7, 11) is 0. The zero-order valence-electron chi connectivity index (χ0n) is 19.5. The van der Waals surface area contributed by atoms with Crippen LogP contribution >= 0.6 is 11.6 Å². The van der Waals surface area contributed by atoms with Gasteiger partial charge in [-0.05, 0) is 42.7 Å². The van der Waals surface area contributed by atoms with Crippen LogP contribution in [0.5, 0.6) is 0 Å². The number of carbonyl (C=O) groups is 2. The van der Waals surface area contributed by atoms with E-state index in [0.717, 1.165) is 17.5 Å². The Kier molecular flexibility index (Phi) is 9.23. The van der Waals surface area contributed by atoms with Crippen LogP contribution in [0.15, 0.2) is 78.9 Å². The number of hydrogen-bond donors (Lipinski definition) is 1. The molecule has 3 aromatic carbocycles. The minimum atomic E-state index is -0.796. The van der Waals surface area contributed by atoms with Crippen molar-refractivity contribution in [3.63, 3.8) is 0 Å². The van der Waals surface area contributed by atoms with Crippen LogP contribution < -0.4 is 5.32 Å². The molecule has 0 aliphatic rings. The summed E-state index contributed by atoms with van der Waals surface area (Å²) in [6.45, 7) is 3.90. The molecule has 3 rings (SSSR count). The smallest absolute Gasteiger partial charge is 0.243 e. The first-order valence-electron chi connectivity index (χ1n) is 11.5. The molecule has 0 fully saturated rings. The van der Waals surface area contributed by atoms with Crippen molar-refractivity contribution in [1.29, 1.82) is 0 Å². The predicted molar refractivity (Wildman–Crippen MR) is 134 cm³/mol. The molecular formula is C28H30ClFN2O2. The van der Waals surface area contributed by atoms with E-state index < -0.39 is 11.9 Å². The standard InChI is InChI=1S/C28H30ClFN2O2/c1-3-20(2)31-28(34)26(17-21-9-5-4-6-10-21)32(19-23-11-7-8-12-25(23)30)27(33)18-22-13-15-24(29)16-14-22/h4-16,20,26H,3,17-19H2,1-2H3,(H,31,34). The van der Waals surface area contributed by atoms with Crippen LogP contribution in [0.3, 0.4) is 0 Å². The van der Waals surface area contributed by atoms with Crippen LogP contribution in [0.4, 0.5) is 4.39 Å². The first-order chi connectivity index (χ1) is 16.4. The summed E-state index contributed by atoms with van der Waals surface area (Å²) in [5.74, 6) is -0.919. The number of hydrogen-bond acceptors (Lipinski definition) is 2. The maximum atomic E-state index is 14.6. The molecule has 2 unspecified atom stereocenters. The minimum absolute atomic E-state index is 0.00940. The van der Waals surface area contributed by atoms with Crippen molar-refractivity contribution in [3.05, 3.63) is 106 Å². The van der Waals surface area contributed by atoms with E-state index >= 15 is 0 Å². The van der Waals surface area contributed by atoms with Gasteiger partial charge in [0.1, 0.15) is 11.9 Å². The van der Waals surface area contributed by atoms with E-state index in [1.54, 1.807) is 42.5 Å². The Morgan fingerprint density at radius 2 is 1.59 bits per heavy atom. The highest BCUT2D eigenvalue weighted by molar-refractivity contribution is 6.30. The molecule has 6 heteroatoms. The molecular weight excluding hydrogens is 451 g/mol. The Balaban J connectivity index is 1.97. The van der Waals surface area contributed by atoms with Gasteiger partial charge in [-0.25, -0.2) is 4.39 Å². The maximum absolute atomic E-state index is 14.6. The number of halogens is 2. The van der Waals surface area contributed by atoms with Gasteiger partial charge >= 0.3 is 0 Å². The van der Waals surface area contributed by atoms with Crippen LogP contribution in [-0.4, -0.2) is 28.8 Å². The Morgan fingerprint density at radius 3 is 2.24 bits per heavy atom. The summed E-state index contributed by atoms with van der Waals surface area (Å²) in [5, 5.41) is 3.59. The lowest BCUT2D eigenvalue weighted by Crippen LogP contribution is -2.52. The summed E-state index contributed by atoms with van der Waals surface area (Å²) in [4.78, 5) is 28.5. The number of amides is 2. The highest BCUT2D eigenvalue weighted by atomic mass is 35.5. The van der Waals surface area contributed by atoms with Crippen molar-refractivity contribution in [1.82, 2.24) is 10.2 Å².